The maximum absolute atomic E-state index is 8.92. The molecular weight excluding hydrogens is 208 g/mol. The highest BCUT2D eigenvalue weighted by Gasteiger charge is 2.20. The standard InChI is InChI=1S/C15H28N2/c1-4-13-5-7-14(8-6-13)11-17-10-9-15(2,3)12-16/h13-14,17H,4-11H2,1-3H3. The van der Waals surface area contributed by atoms with Crippen molar-refractivity contribution in [3.05, 3.63) is 0 Å². The summed E-state index contributed by atoms with van der Waals surface area (Å²) in [4.78, 5) is 0. The summed E-state index contributed by atoms with van der Waals surface area (Å²) in [6, 6.07) is 2.35. The maximum Gasteiger partial charge on any atom is 0.0684 e. The number of rotatable bonds is 6. The maximum atomic E-state index is 8.92. The summed E-state index contributed by atoms with van der Waals surface area (Å²) in [6.07, 6.45) is 7.95. The lowest BCUT2D eigenvalue weighted by atomic mass is 9.81. The SMILES string of the molecule is CCC1CCC(CNCCC(C)(C)C#N)CC1. The van der Waals surface area contributed by atoms with Gasteiger partial charge in [0.05, 0.1) is 11.5 Å². The summed E-state index contributed by atoms with van der Waals surface area (Å²) in [7, 11) is 0. The van der Waals surface area contributed by atoms with Crippen LogP contribution in [0.2, 0.25) is 0 Å². The van der Waals surface area contributed by atoms with Crippen LogP contribution in [0.25, 0.3) is 0 Å². The zero-order valence-corrected chi connectivity index (χ0v) is 11.8. The van der Waals surface area contributed by atoms with Gasteiger partial charge in [-0.1, -0.05) is 26.2 Å². The van der Waals surface area contributed by atoms with E-state index in [0.717, 1.165) is 31.3 Å². The second-order valence-corrected chi connectivity index (χ2v) is 6.24. The topological polar surface area (TPSA) is 35.8 Å². The van der Waals surface area contributed by atoms with E-state index in [1.165, 1.54) is 32.1 Å². The van der Waals surface area contributed by atoms with Crippen molar-refractivity contribution in [2.24, 2.45) is 17.3 Å². The summed E-state index contributed by atoms with van der Waals surface area (Å²) in [5.41, 5.74) is -0.174. The Morgan fingerprint density at radius 2 is 1.76 bits per heavy atom. The quantitative estimate of drug-likeness (QED) is 0.713. The average molecular weight is 236 g/mol. The fraction of sp³-hybridized carbons (Fsp3) is 0.933. The molecule has 0 radical (unpaired) electrons. The van der Waals surface area contributed by atoms with Crippen LogP contribution >= 0.6 is 0 Å². The third-order valence-electron chi connectivity index (χ3n) is 4.21. The molecule has 2 nitrogen and oxygen atoms in total. The van der Waals surface area contributed by atoms with Crippen LogP contribution in [0.3, 0.4) is 0 Å². The van der Waals surface area contributed by atoms with Crippen LogP contribution in [0.15, 0.2) is 0 Å². The lowest BCUT2D eigenvalue weighted by Crippen LogP contribution is -2.29. The van der Waals surface area contributed by atoms with Crippen LogP contribution in [0.1, 0.15) is 59.3 Å². The number of nitrogens with zero attached hydrogens (tertiary/aromatic N) is 1. The molecule has 0 spiro atoms. The van der Waals surface area contributed by atoms with E-state index in [9.17, 15) is 0 Å². The minimum absolute atomic E-state index is 0.174. The molecule has 1 rings (SSSR count). The Morgan fingerprint density at radius 1 is 1.18 bits per heavy atom. The molecule has 1 aliphatic rings. The van der Waals surface area contributed by atoms with Crippen molar-refractivity contribution in [1.82, 2.24) is 5.32 Å². The smallest absolute Gasteiger partial charge is 0.0684 e. The number of nitrogens with one attached hydrogen (secondary N) is 1. The van der Waals surface area contributed by atoms with Gasteiger partial charge in [0.15, 0.2) is 0 Å². The van der Waals surface area contributed by atoms with E-state index >= 15 is 0 Å². The lowest BCUT2D eigenvalue weighted by molar-refractivity contribution is 0.260. The Kier molecular flexibility index (Phi) is 5.98. The van der Waals surface area contributed by atoms with Gasteiger partial charge in [0.1, 0.15) is 0 Å². The van der Waals surface area contributed by atoms with Gasteiger partial charge in [-0.25, -0.2) is 0 Å². The molecule has 1 saturated carbocycles. The molecule has 1 fully saturated rings. The second-order valence-electron chi connectivity index (χ2n) is 6.24. The average Bonchev–Trinajstić information content (AvgIpc) is 2.35. The van der Waals surface area contributed by atoms with Gasteiger partial charge < -0.3 is 5.32 Å². The fourth-order valence-electron chi connectivity index (χ4n) is 2.61. The van der Waals surface area contributed by atoms with Gasteiger partial charge in [-0.05, 0) is 58.0 Å². The first-order valence-electron chi connectivity index (χ1n) is 7.19. The zero-order chi connectivity index (χ0) is 12.7. The van der Waals surface area contributed by atoms with E-state index in [1.54, 1.807) is 0 Å². The summed E-state index contributed by atoms with van der Waals surface area (Å²) >= 11 is 0. The molecule has 0 aromatic rings. The molecule has 0 heterocycles. The Bertz CT molecular complexity index is 244. The van der Waals surface area contributed by atoms with Gasteiger partial charge in [0.2, 0.25) is 0 Å². The minimum atomic E-state index is -0.174. The van der Waals surface area contributed by atoms with Crippen LogP contribution in [0, 0.1) is 28.6 Å². The monoisotopic (exact) mass is 236 g/mol. The molecule has 1 N–H and O–H groups in total. The molecule has 17 heavy (non-hydrogen) atoms. The van der Waals surface area contributed by atoms with E-state index in [2.05, 4.69) is 18.3 Å². The Balaban J connectivity index is 2.07. The lowest BCUT2D eigenvalue weighted by Gasteiger charge is -2.28. The van der Waals surface area contributed by atoms with Crippen LogP contribution in [-0.4, -0.2) is 13.1 Å². The van der Waals surface area contributed by atoms with E-state index in [1.807, 2.05) is 13.8 Å². The zero-order valence-electron chi connectivity index (χ0n) is 11.8. The van der Waals surface area contributed by atoms with Crippen molar-refractivity contribution in [3.8, 4) is 6.07 Å². The van der Waals surface area contributed by atoms with Gasteiger partial charge in [0.25, 0.3) is 0 Å². The molecule has 0 unspecified atom stereocenters. The van der Waals surface area contributed by atoms with Crippen molar-refractivity contribution >= 4 is 0 Å². The van der Waals surface area contributed by atoms with E-state index in [0.29, 0.717) is 0 Å². The van der Waals surface area contributed by atoms with Crippen molar-refractivity contribution in [3.63, 3.8) is 0 Å². The van der Waals surface area contributed by atoms with Crippen LogP contribution < -0.4 is 5.32 Å². The fourth-order valence-corrected chi connectivity index (χ4v) is 2.61. The molecule has 0 amide bonds. The van der Waals surface area contributed by atoms with Crippen LogP contribution in [0.5, 0.6) is 0 Å². The largest absolute Gasteiger partial charge is 0.316 e. The number of hydrogen-bond acceptors (Lipinski definition) is 2. The third kappa shape index (κ3) is 5.55. The molecule has 0 aliphatic heterocycles. The molecule has 0 bridgehead atoms. The molecule has 2 heteroatoms. The first-order chi connectivity index (χ1) is 8.07. The molecule has 0 aromatic carbocycles. The minimum Gasteiger partial charge on any atom is -0.316 e. The second kappa shape index (κ2) is 7.01. The molecule has 98 valence electrons. The molecule has 0 saturated heterocycles. The Morgan fingerprint density at radius 3 is 2.29 bits per heavy atom. The summed E-state index contributed by atoms with van der Waals surface area (Å²) in [5.74, 6) is 1.87. The first-order valence-corrected chi connectivity index (χ1v) is 7.19. The van der Waals surface area contributed by atoms with Crippen LogP contribution in [0.4, 0.5) is 0 Å². The Labute approximate surface area is 107 Å². The number of nitriles is 1. The third-order valence-corrected chi connectivity index (χ3v) is 4.21. The molecule has 1 aliphatic carbocycles. The van der Waals surface area contributed by atoms with E-state index in [4.69, 9.17) is 5.26 Å². The molecule has 0 aromatic heterocycles. The van der Waals surface area contributed by atoms with Crippen molar-refractivity contribution in [2.75, 3.05) is 13.1 Å². The van der Waals surface area contributed by atoms with E-state index < -0.39 is 0 Å². The predicted molar refractivity (Wildman–Crippen MR) is 72.6 cm³/mol. The van der Waals surface area contributed by atoms with Crippen LogP contribution in [-0.2, 0) is 0 Å². The van der Waals surface area contributed by atoms with Gasteiger partial charge in [-0.15, -0.1) is 0 Å². The normalized spacial score (nSPS) is 25.5. The van der Waals surface area contributed by atoms with Crippen molar-refractivity contribution < 1.29 is 0 Å². The van der Waals surface area contributed by atoms with Gasteiger partial charge >= 0.3 is 0 Å². The predicted octanol–water partition coefficient (Wildman–Crippen LogP) is 3.73. The van der Waals surface area contributed by atoms with Gasteiger partial charge in [-0.2, -0.15) is 5.26 Å². The highest BCUT2D eigenvalue weighted by molar-refractivity contribution is 4.91. The summed E-state index contributed by atoms with van der Waals surface area (Å²) in [6.45, 7) is 8.47. The summed E-state index contributed by atoms with van der Waals surface area (Å²) < 4.78 is 0. The highest BCUT2D eigenvalue weighted by Crippen LogP contribution is 2.30. The van der Waals surface area contributed by atoms with Crippen molar-refractivity contribution in [2.45, 2.75) is 59.3 Å². The number of hydrogen-bond donors (Lipinski definition) is 1. The molecular formula is C15H28N2. The highest BCUT2D eigenvalue weighted by atomic mass is 14.9. The van der Waals surface area contributed by atoms with Gasteiger partial charge in [-0.3, -0.25) is 0 Å². The summed E-state index contributed by atoms with van der Waals surface area (Å²) in [5, 5.41) is 12.4. The van der Waals surface area contributed by atoms with Gasteiger partial charge in [0, 0.05) is 0 Å². The van der Waals surface area contributed by atoms with E-state index in [-0.39, 0.29) is 5.41 Å². The van der Waals surface area contributed by atoms with Crippen molar-refractivity contribution in [1.29, 1.82) is 5.26 Å². The molecule has 0 atom stereocenters. The Hall–Kier alpha value is -0.550. The first kappa shape index (κ1) is 14.5.